The van der Waals surface area contributed by atoms with Crippen molar-refractivity contribution in [3.05, 3.63) is 40.9 Å². The molecule has 0 saturated carbocycles. The summed E-state index contributed by atoms with van der Waals surface area (Å²) in [5.41, 5.74) is 3.90. The van der Waals surface area contributed by atoms with Crippen molar-refractivity contribution in [2.24, 2.45) is 0 Å². The number of aromatic nitrogens is 2. The van der Waals surface area contributed by atoms with Gasteiger partial charge in [0.05, 0.1) is 25.1 Å². The van der Waals surface area contributed by atoms with E-state index in [-0.39, 0.29) is 0 Å². The summed E-state index contributed by atoms with van der Waals surface area (Å²) < 4.78 is 8.15. The van der Waals surface area contributed by atoms with E-state index in [0.717, 1.165) is 37.5 Å². The number of aryl methyl sites for hydroxylation is 2. The van der Waals surface area contributed by atoms with E-state index in [1.165, 1.54) is 29.8 Å². The van der Waals surface area contributed by atoms with Gasteiger partial charge in [-0.15, -0.1) is 0 Å². The maximum Gasteiger partial charge on any atom is 0.124 e. The van der Waals surface area contributed by atoms with Crippen LogP contribution >= 0.6 is 0 Å². The Bertz CT molecular complexity index is 568. The summed E-state index contributed by atoms with van der Waals surface area (Å²) in [6, 6.07) is 2.14. The van der Waals surface area contributed by atoms with E-state index < -0.39 is 0 Å². The van der Waals surface area contributed by atoms with Crippen LogP contribution in [0.25, 0.3) is 0 Å². The Morgan fingerprint density at radius 1 is 1.37 bits per heavy atom. The third kappa shape index (κ3) is 2.45. The molecule has 0 amide bonds. The third-order valence-corrected chi connectivity index (χ3v) is 3.85. The molecule has 0 spiro atoms. The summed E-state index contributed by atoms with van der Waals surface area (Å²) in [5, 5.41) is 3.13. The topological polar surface area (TPSA) is 43.0 Å². The van der Waals surface area contributed by atoms with E-state index >= 15 is 0 Å². The van der Waals surface area contributed by atoms with Crippen molar-refractivity contribution < 1.29 is 4.42 Å². The van der Waals surface area contributed by atoms with Gasteiger partial charge in [0, 0.05) is 5.69 Å². The van der Waals surface area contributed by atoms with Gasteiger partial charge in [-0.05, 0) is 51.3 Å². The van der Waals surface area contributed by atoms with Crippen LogP contribution in [0.1, 0.15) is 41.3 Å². The van der Waals surface area contributed by atoms with Gasteiger partial charge in [-0.25, -0.2) is 4.98 Å². The van der Waals surface area contributed by atoms with E-state index in [2.05, 4.69) is 27.9 Å². The fourth-order valence-electron chi connectivity index (χ4n) is 2.84. The van der Waals surface area contributed by atoms with Crippen molar-refractivity contribution >= 4 is 0 Å². The van der Waals surface area contributed by atoms with Crippen molar-refractivity contribution in [2.75, 3.05) is 7.05 Å². The van der Waals surface area contributed by atoms with Gasteiger partial charge in [0.15, 0.2) is 0 Å². The lowest BCUT2D eigenvalue weighted by Crippen LogP contribution is -2.08. The fourth-order valence-corrected chi connectivity index (χ4v) is 2.84. The van der Waals surface area contributed by atoms with E-state index in [0.29, 0.717) is 0 Å². The highest BCUT2D eigenvalue weighted by Crippen LogP contribution is 2.22. The number of hydrogen-bond acceptors (Lipinski definition) is 3. The quantitative estimate of drug-likeness (QED) is 0.917. The zero-order chi connectivity index (χ0) is 13.2. The molecule has 0 aliphatic heterocycles. The second-order valence-electron chi connectivity index (χ2n) is 5.32. The van der Waals surface area contributed by atoms with E-state index in [4.69, 9.17) is 4.42 Å². The maximum atomic E-state index is 5.91. The number of fused-ring (bicyclic) bond motifs is 1. The van der Waals surface area contributed by atoms with Crippen molar-refractivity contribution in [3.8, 4) is 0 Å². The Hall–Kier alpha value is -1.55. The van der Waals surface area contributed by atoms with Crippen molar-refractivity contribution in [3.63, 3.8) is 0 Å². The first kappa shape index (κ1) is 12.5. The lowest BCUT2D eigenvalue weighted by Gasteiger charge is -2.13. The summed E-state index contributed by atoms with van der Waals surface area (Å²) in [5.74, 6) is 2.06. The average molecular weight is 259 g/mol. The molecular formula is C15H21N3O. The lowest BCUT2D eigenvalue weighted by atomic mass is 10.0. The second kappa shape index (κ2) is 5.21. The molecule has 0 aromatic carbocycles. The number of rotatable bonds is 4. The van der Waals surface area contributed by atoms with Gasteiger partial charge in [0.2, 0.25) is 0 Å². The molecule has 1 N–H and O–H groups in total. The molecule has 19 heavy (non-hydrogen) atoms. The minimum atomic E-state index is 0.786. The summed E-state index contributed by atoms with van der Waals surface area (Å²) in [4.78, 5) is 4.53. The predicted octanol–water partition coefficient (Wildman–Crippen LogP) is 2.43. The van der Waals surface area contributed by atoms with Gasteiger partial charge in [0.1, 0.15) is 11.5 Å². The minimum Gasteiger partial charge on any atom is -0.463 e. The Morgan fingerprint density at radius 2 is 2.21 bits per heavy atom. The van der Waals surface area contributed by atoms with Crippen LogP contribution in [-0.4, -0.2) is 16.6 Å². The van der Waals surface area contributed by atoms with Crippen molar-refractivity contribution in [1.29, 1.82) is 0 Å². The molecule has 0 saturated heterocycles. The highest BCUT2D eigenvalue weighted by molar-refractivity contribution is 5.22. The molecule has 2 heterocycles. The Labute approximate surface area is 113 Å². The first-order chi connectivity index (χ1) is 9.28. The summed E-state index contributed by atoms with van der Waals surface area (Å²) in [6.07, 6.45) is 6.80. The average Bonchev–Trinajstić information content (AvgIpc) is 2.96. The van der Waals surface area contributed by atoms with Gasteiger partial charge in [0.25, 0.3) is 0 Å². The molecule has 1 aliphatic rings. The molecule has 4 nitrogen and oxygen atoms in total. The molecule has 2 aromatic heterocycles. The van der Waals surface area contributed by atoms with Crippen LogP contribution in [-0.2, 0) is 25.9 Å². The molecule has 0 radical (unpaired) electrons. The van der Waals surface area contributed by atoms with Crippen molar-refractivity contribution in [2.45, 2.75) is 45.7 Å². The summed E-state index contributed by atoms with van der Waals surface area (Å²) >= 11 is 0. The van der Waals surface area contributed by atoms with Gasteiger partial charge < -0.3 is 14.3 Å². The first-order valence-electron chi connectivity index (χ1n) is 7.03. The molecule has 3 rings (SSSR count). The molecule has 0 bridgehead atoms. The van der Waals surface area contributed by atoms with Crippen LogP contribution in [0.5, 0.6) is 0 Å². The number of nitrogens with zero attached hydrogens (tertiary/aromatic N) is 2. The Morgan fingerprint density at radius 3 is 3.05 bits per heavy atom. The van der Waals surface area contributed by atoms with Crippen LogP contribution in [0.3, 0.4) is 0 Å². The van der Waals surface area contributed by atoms with E-state index in [9.17, 15) is 0 Å². The van der Waals surface area contributed by atoms with Crippen LogP contribution in [0.15, 0.2) is 16.8 Å². The SMILES string of the molecule is CNCc1oc(Cn2cnc3c2CCCC3)cc1C. The summed E-state index contributed by atoms with van der Waals surface area (Å²) in [7, 11) is 1.94. The van der Waals surface area contributed by atoms with Gasteiger partial charge in [-0.3, -0.25) is 0 Å². The number of imidazole rings is 1. The molecule has 2 aromatic rings. The second-order valence-corrected chi connectivity index (χ2v) is 5.32. The van der Waals surface area contributed by atoms with E-state index in [1.54, 1.807) is 0 Å². The molecule has 0 atom stereocenters. The smallest absolute Gasteiger partial charge is 0.124 e. The van der Waals surface area contributed by atoms with Crippen LogP contribution in [0.2, 0.25) is 0 Å². The highest BCUT2D eigenvalue weighted by atomic mass is 16.3. The minimum absolute atomic E-state index is 0.786. The van der Waals surface area contributed by atoms with Gasteiger partial charge in [-0.2, -0.15) is 0 Å². The number of nitrogens with one attached hydrogen (secondary N) is 1. The van der Waals surface area contributed by atoms with Crippen LogP contribution < -0.4 is 5.32 Å². The Balaban J connectivity index is 1.81. The molecule has 102 valence electrons. The standard InChI is InChI=1S/C15H21N3O/c1-11-7-12(19-15(11)8-16-2)9-18-10-17-13-5-3-4-6-14(13)18/h7,10,16H,3-6,8-9H2,1-2H3. The Kier molecular flexibility index (Phi) is 3.42. The zero-order valence-electron chi connectivity index (χ0n) is 11.7. The van der Waals surface area contributed by atoms with Crippen LogP contribution in [0, 0.1) is 6.92 Å². The predicted molar refractivity (Wildman–Crippen MR) is 74.2 cm³/mol. The lowest BCUT2D eigenvalue weighted by molar-refractivity contribution is 0.439. The molecule has 0 fully saturated rings. The molecular weight excluding hydrogens is 238 g/mol. The van der Waals surface area contributed by atoms with E-state index in [1.807, 2.05) is 13.4 Å². The number of furan rings is 1. The third-order valence-electron chi connectivity index (χ3n) is 3.85. The largest absolute Gasteiger partial charge is 0.463 e. The molecule has 4 heteroatoms. The maximum absolute atomic E-state index is 5.91. The molecule has 1 aliphatic carbocycles. The first-order valence-corrected chi connectivity index (χ1v) is 7.03. The van der Waals surface area contributed by atoms with Gasteiger partial charge >= 0.3 is 0 Å². The molecule has 0 unspecified atom stereocenters. The fraction of sp³-hybridized carbons (Fsp3) is 0.533. The summed E-state index contributed by atoms with van der Waals surface area (Å²) in [6.45, 7) is 3.68. The van der Waals surface area contributed by atoms with Gasteiger partial charge in [-0.1, -0.05) is 0 Å². The highest BCUT2D eigenvalue weighted by Gasteiger charge is 2.16. The normalized spacial score (nSPS) is 14.6. The zero-order valence-corrected chi connectivity index (χ0v) is 11.7. The number of hydrogen-bond donors (Lipinski definition) is 1. The van der Waals surface area contributed by atoms with Crippen LogP contribution in [0.4, 0.5) is 0 Å². The van der Waals surface area contributed by atoms with Crippen molar-refractivity contribution in [1.82, 2.24) is 14.9 Å². The monoisotopic (exact) mass is 259 g/mol.